The average molecular weight is 301 g/mol. The lowest BCUT2D eigenvalue weighted by atomic mass is 9.98. The Morgan fingerprint density at radius 3 is 2.15 bits per heavy atom. The molecule has 0 spiro atoms. The van der Waals surface area contributed by atoms with E-state index in [0.717, 1.165) is 27.4 Å². The lowest BCUT2D eigenvalue weighted by Gasteiger charge is -2.10. The van der Waals surface area contributed by atoms with Crippen molar-refractivity contribution in [1.29, 1.82) is 5.26 Å². The second-order valence-corrected chi connectivity index (χ2v) is 5.00. The number of rotatable bonds is 1. The van der Waals surface area contributed by atoms with Crippen LogP contribution in [0, 0.1) is 11.3 Å². The Hall–Kier alpha value is -0.330. The van der Waals surface area contributed by atoms with Crippen molar-refractivity contribution in [1.82, 2.24) is 0 Å². The van der Waals surface area contributed by atoms with Crippen molar-refractivity contribution in [2.45, 2.75) is 18.3 Å². The summed E-state index contributed by atoms with van der Waals surface area (Å²) in [5.74, 6) is 0. The third kappa shape index (κ3) is 1.43. The normalized spacial score (nSPS) is 17.9. The predicted octanol–water partition coefficient (Wildman–Crippen LogP) is 3.77. The Morgan fingerprint density at radius 1 is 1.23 bits per heavy atom. The highest BCUT2D eigenvalue weighted by molar-refractivity contribution is 9.11. The van der Waals surface area contributed by atoms with Crippen molar-refractivity contribution in [3.8, 4) is 6.07 Å². The lowest BCUT2D eigenvalue weighted by Crippen LogP contribution is -2.04. The average Bonchev–Trinajstić information content (AvgIpc) is 2.85. The first-order valence-corrected chi connectivity index (χ1v) is 5.64. The minimum atomic E-state index is -0.223. The molecular formula is C10H7Br2N. The van der Waals surface area contributed by atoms with Gasteiger partial charge in [0.2, 0.25) is 0 Å². The van der Waals surface area contributed by atoms with Crippen LogP contribution in [0.5, 0.6) is 0 Å². The molecule has 0 atom stereocenters. The summed E-state index contributed by atoms with van der Waals surface area (Å²) in [6.45, 7) is 0. The molecule has 3 heteroatoms. The smallest absolute Gasteiger partial charge is 0.0845 e. The van der Waals surface area contributed by atoms with E-state index in [-0.39, 0.29) is 5.41 Å². The maximum Gasteiger partial charge on any atom is 0.0845 e. The highest BCUT2D eigenvalue weighted by Crippen LogP contribution is 2.52. The Labute approximate surface area is 94.0 Å². The van der Waals surface area contributed by atoms with Crippen LogP contribution in [0.2, 0.25) is 0 Å². The molecule has 13 heavy (non-hydrogen) atoms. The second kappa shape index (κ2) is 3.11. The van der Waals surface area contributed by atoms with Gasteiger partial charge in [-0.05, 0) is 25.0 Å². The SMILES string of the molecule is N#CC1(c2c(Br)cccc2Br)CC1. The molecule has 0 N–H and O–H groups in total. The molecule has 1 aliphatic rings. The lowest BCUT2D eigenvalue weighted by molar-refractivity contribution is 0.894. The van der Waals surface area contributed by atoms with Gasteiger partial charge in [0.25, 0.3) is 0 Å². The van der Waals surface area contributed by atoms with Crippen molar-refractivity contribution in [2.24, 2.45) is 0 Å². The van der Waals surface area contributed by atoms with Gasteiger partial charge in [-0.1, -0.05) is 37.9 Å². The molecule has 0 bridgehead atoms. The second-order valence-electron chi connectivity index (χ2n) is 3.29. The molecular weight excluding hydrogens is 294 g/mol. The summed E-state index contributed by atoms with van der Waals surface area (Å²) in [5, 5.41) is 9.07. The zero-order chi connectivity index (χ0) is 9.47. The van der Waals surface area contributed by atoms with E-state index in [1.165, 1.54) is 0 Å². The van der Waals surface area contributed by atoms with E-state index < -0.39 is 0 Å². The molecule has 66 valence electrons. The summed E-state index contributed by atoms with van der Waals surface area (Å²) in [5.41, 5.74) is 0.886. The minimum absolute atomic E-state index is 0.223. The van der Waals surface area contributed by atoms with E-state index in [1.54, 1.807) is 0 Å². The molecule has 0 saturated heterocycles. The van der Waals surface area contributed by atoms with Crippen LogP contribution >= 0.6 is 31.9 Å². The van der Waals surface area contributed by atoms with E-state index in [1.807, 2.05) is 18.2 Å². The van der Waals surface area contributed by atoms with E-state index in [0.29, 0.717) is 0 Å². The molecule has 1 aromatic carbocycles. The summed E-state index contributed by atoms with van der Waals surface area (Å²) in [4.78, 5) is 0. The van der Waals surface area contributed by atoms with Crippen LogP contribution < -0.4 is 0 Å². The number of halogens is 2. The largest absolute Gasteiger partial charge is 0.197 e. The van der Waals surface area contributed by atoms with Gasteiger partial charge in [-0.2, -0.15) is 5.26 Å². The van der Waals surface area contributed by atoms with Crippen molar-refractivity contribution >= 4 is 31.9 Å². The van der Waals surface area contributed by atoms with E-state index in [4.69, 9.17) is 5.26 Å². The number of hydrogen-bond acceptors (Lipinski definition) is 1. The third-order valence-electron chi connectivity index (χ3n) is 2.41. The summed E-state index contributed by atoms with van der Waals surface area (Å²) < 4.78 is 2.06. The standard InChI is InChI=1S/C10H7Br2N/c11-7-2-1-3-8(12)9(7)10(6-13)4-5-10/h1-3H,4-5H2. The van der Waals surface area contributed by atoms with Crippen LogP contribution in [0.4, 0.5) is 0 Å². The van der Waals surface area contributed by atoms with Gasteiger partial charge >= 0.3 is 0 Å². The summed E-state index contributed by atoms with van der Waals surface area (Å²) >= 11 is 6.97. The number of benzene rings is 1. The summed E-state index contributed by atoms with van der Waals surface area (Å²) in [6.07, 6.45) is 1.95. The molecule has 1 saturated carbocycles. The molecule has 1 aliphatic carbocycles. The van der Waals surface area contributed by atoms with Gasteiger partial charge in [0.05, 0.1) is 11.5 Å². The van der Waals surface area contributed by atoms with Crippen LogP contribution in [0.1, 0.15) is 18.4 Å². The molecule has 0 heterocycles. The number of nitriles is 1. The fraction of sp³-hybridized carbons (Fsp3) is 0.300. The number of hydrogen-bond donors (Lipinski definition) is 0. The first-order valence-electron chi connectivity index (χ1n) is 4.05. The molecule has 0 unspecified atom stereocenters. The minimum Gasteiger partial charge on any atom is -0.197 e. The Morgan fingerprint density at radius 2 is 1.77 bits per heavy atom. The Kier molecular flexibility index (Phi) is 2.21. The molecule has 0 aromatic heterocycles. The molecule has 0 amide bonds. The van der Waals surface area contributed by atoms with Crippen LogP contribution in [-0.4, -0.2) is 0 Å². The van der Waals surface area contributed by atoms with Gasteiger partial charge in [-0.15, -0.1) is 0 Å². The fourth-order valence-electron chi connectivity index (χ4n) is 1.50. The highest BCUT2D eigenvalue weighted by atomic mass is 79.9. The van der Waals surface area contributed by atoms with Gasteiger partial charge in [0, 0.05) is 14.5 Å². The molecule has 2 rings (SSSR count). The van der Waals surface area contributed by atoms with Gasteiger partial charge in [-0.25, -0.2) is 0 Å². The Balaban J connectivity index is 2.58. The van der Waals surface area contributed by atoms with E-state index in [2.05, 4.69) is 37.9 Å². The predicted molar refractivity (Wildman–Crippen MR) is 58.4 cm³/mol. The summed E-state index contributed by atoms with van der Waals surface area (Å²) in [7, 11) is 0. The fourth-order valence-corrected chi connectivity index (χ4v) is 3.26. The van der Waals surface area contributed by atoms with Gasteiger partial charge in [-0.3, -0.25) is 0 Å². The van der Waals surface area contributed by atoms with Crippen LogP contribution in [0.25, 0.3) is 0 Å². The molecule has 1 fully saturated rings. The molecule has 1 nitrogen and oxygen atoms in total. The van der Waals surface area contributed by atoms with Crippen molar-refractivity contribution in [2.75, 3.05) is 0 Å². The zero-order valence-corrected chi connectivity index (χ0v) is 10.0. The quantitative estimate of drug-likeness (QED) is 0.774. The van der Waals surface area contributed by atoms with Crippen LogP contribution in [-0.2, 0) is 5.41 Å². The van der Waals surface area contributed by atoms with Crippen molar-refractivity contribution < 1.29 is 0 Å². The molecule has 0 radical (unpaired) electrons. The van der Waals surface area contributed by atoms with Gasteiger partial charge in [0.1, 0.15) is 0 Å². The molecule has 0 aliphatic heterocycles. The first-order chi connectivity index (χ1) is 6.19. The molecule has 1 aromatic rings. The third-order valence-corrected chi connectivity index (χ3v) is 3.73. The monoisotopic (exact) mass is 299 g/mol. The maximum absolute atomic E-state index is 9.07. The highest BCUT2D eigenvalue weighted by Gasteiger charge is 2.47. The van der Waals surface area contributed by atoms with Crippen LogP contribution in [0.15, 0.2) is 27.1 Å². The van der Waals surface area contributed by atoms with Gasteiger partial charge in [0.15, 0.2) is 0 Å². The van der Waals surface area contributed by atoms with E-state index in [9.17, 15) is 0 Å². The zero-order valence-electron chi connectivity index (χ0n) is 6.85. The first kappa shape index (κ1) is 9.23. The Bertz CT molecular complexity index is 368. The van der Waals surface area contributed by atoms with Gasteiger partial charge < -0.3 is 0 Å². The van der Waals surface area contributed by atoms with Crippen molar-refractivity contribution in [3.63, 3.8) is 0 Å². The van der Waals surface area contributed by atoms with Crippen molar-refractivity contribution in [3.05, 3.63) is 32.7 Å². The van der Waals surface area contributed by atoms with Crippen LogP contribution in [0.3, 0.4) is 0 Å². The van der Waals surface area contributed by atoms with E-state index >= 15 is 0 Å². The maximum atomic E-state index is 9.07. The topological polar surface area (TPSA) is 23.8 Å². The number of nitrogens with zero attached hydrogens (tertiary/aromatic N) is 1. The summed E-state index contributed by atoms with van der Waals surface area (Å²) in [6, 6.07) is 8.32.